The number of hydrogen-bond acceptors (Lipinski definition) is 2. The van der Waals surface area contributed by atoms with E-state index in [2.05, 4.69) is 24.4 Å². The summed E-state index contributed by atoms with van der Waals surface area (Å²) in [4.78, 5) is 12.0. The van der Waals surface area contributed by atoms with Crippen molar-refractivity contribution in [3.8, 4) is 0 Å². The van der Waals surface area contributed by atoms with Gasteiger partial charge in [0.1, 0.15) is 0 Å². The molecule has 3 nitrogen and oxygen atoms in total. The molecule has 1 fully saturated rings. The van der Waals surface area contributed by atoms with E-state index in [1.807, 2.05) is 18.2 Å². The number of rotatable bonds is 7. The van der Waals surface area contributed by atoms with Gasteiger partial charge >= 0.3 is 0 Å². The molecule has 1 unspecified atom stereocenters. The van der Waals surface area contributed by atoms with Gasteiger partial charge in [-0.2, -0.15) is 0 Å². The first kappa shape index (κ1) is 16.0. The molecule has 1 amide bonds. The Bertz CT molecular complexity index is 412. The van der Waals surface area contributed by atoms with Crippen LogP contribution in [0.1, 0.15) is 57.1 Å². The maximum atomic E-state index is 12.0. The van der Waals surface area contributed by atoms with Crippen LogP contribution in [-0.4, -0.2) is 19.1 Å². The second kappa shape index (κ2) is 8.83. The summed E-state index contributed by atoms with van der Waals surface area (Å²) in [6.45, 7) is 3.47. The summed E-state index contributed by atoms with van der Waals surface area (Å²) in [6.07, 6.45) is 6.80. The van der Waals surface area contributed by atoms with Gasteiger partial charge in [-0.1, -0.05) is 49.6 Å². The minimum Gasteiger partial charge on any atom is -0.374 e. The molecule has 1 aromatic rings. The molecule has 1 aliphatic rings. The highest BCUT2D eigenvalue weighted by Crippen LogP contribution is 2.23. The molecule has 2 rings (SSSR count). The Hall–Kier alpha value is -1.35. The van der Waals surface area contributed by atoms with Gasteiger partial charge in [-0.25, -0.2) is 0 Å². The van der Waals surface area contributed by atoms with Crippen LogP contribution in [0.25, 0.3) is 0 Å². The molecular weight excluding hydrogens is 262 g/mol. The maximum Gasteiger partial charge on any atom is 0.223 e. The Balaban J connectivity index is 1.56. The lowest BCUT2D eigenvalue weighted by molar-refractivity contribution is -0.125. The van der Waals surface area contributed by atoms with Crippen LogP contribution in [0.2, 0.25) is 0 Å². The zero-order chi connectivity index (χ0) is 14.9. The Morgan fingerprint density at radius 1 is 1.24 bits per heavy atom. The number of carbonyl (C=O) groups excluding carboxylic acids is 1. The highest BCUT2D eigenvalue weighted by molar-refractivity contribution is 5.78. The first-order chi connectivity index (χ1) is 10.3. The quantitative estimate of drug-likeness (QED) is 0.774. The first-order valence-electron chi connectivity index (χ1n) is 8.21. The van der Waals surface area contributed by atoms with E-state index >= 15 is 0 Å². The van der Waals surface area contributed by atoms with E-state index < -0.39 is 0 Å². The predicted molar refractivity (Wildman–Crippen MR) is 85.0 cm³/mol. The van der Waals surface area contributed by atoms with E-state index in [0.717, 1.165) is 25.8 Å². The summed E-state index contributed by atoms with van der Waals surface area (Å²) in [5.41, 5.74) is 1.20. The average Bonchev–Trinajstić information content (AvgIpc) is 2.55. The molecule has 0 spiro atoms. The van der Waals surface area contributed by atoms with Crippen molar-refractivity contribution in [3.05, 3.63) is 35.9 Å². The van der Waals surface area contributed by atoms with Gasteiger partial charge in [-0.3, -0.25) is 4.79 Å². The van der Waals surface area contributed by atoms with Crippen LogP contribution in [-0.2, 0) is 9.53 Å². The standard InChI is InChI=1S/C18H27NO2/c1-15(16-9-4-2-5-10-16)21-14-8-13-19-18(20)17-11-6-3-7-12-17/h2,4-5,9-10,15,17H,3,6-8,11-14H2,1H3,(H,19,20). The van der Waals surface area contributed by atoms with Crippen molar-refractivity contribution in [2.75, 3.05) is 13.2 Å². The lowest BCUT2D eigenvalue weighted by atomic mass is 9.89. The lowest BCUT2D eigenvalue weighted by Crippen LogP contribution is -2.33. The second-order valence-electron chi connectivity index (χ2n) is 5.90. The molecule has 0 aromatic heterocycles. The van der Waals surface area contributed by atoms with Gasteiger partial charge in [0.15, 0.2) is 0 Å². The molecule has 0 aliphatic heterocycles. The van der Waals surface area contributed by atoms with Crippen LogP contribution in [0.4, 0.5) is 0 Å². The number of benzene rings is 1. The van der Waals surface area contributed by atoms with Gasteiger partial charge in [0.25, 0.3) is 0 Å². The maximum absolute atomic E-state index is 12.0. The van der Waals surface area contributed by atoms with E-state index in [9.17, 15) is 4.79 Å². The van der Waals surface area contributed by atoms with Crippen molar-refractivity contribution in [3.63, 3.8) is 0 Å². The van der Waals surface area contributed by atoms with E-state index in [0.29, 0.717) is 6.61 Å². The van der Waals surface area contributed by atoms with Crippen LogP contribution < -0.4 is 5.32 Å². The van der Waals surface area contributed by atoms with Gasteiger partial charge in [-0.15, -0.1) is 0 Å². The number of hydrogen-bond donors (Lipinski definition) is 1. The monoisotopic (exact) mass is 289 g/mol. The molecular formula is C18H27NO2. The number of carbonyl (C=O) groups is 1. The summed E-state index contributed by atoms with van der Waals surface area (Å²) in [7, 11) is 0. The summed E-state index contributed by atoms with van der Waals surface area (Å²) in [5.74, 6) is 0.494. The van der Waals surface area contributed by atoms with Crippen molar-refractivity contribution in [1.82, 2.24) is 5.32 Å². The average molecular weight is 289 g/mol. The molecule has 0 saturated heterocycles. The van der Waals surface area contributed by atoms with E-state index in [4.69, 9.17) is 4.74 Å². The molecule has 116 valence electrons. The summed E-state index contributed by atoms with van der Waals surface area (Å²) in [6, 6.07) is 10.2. The first-order valence-corrected chi connectivity index (χ1v) is 8.21. The number of nitrogens with one attached hydrogen (secondary N) is 1. The van der Waals surface area contributed by atoms with Gasteiger partial charge in [0, 0.05) is 19.1 Å². The van der Waals surface area contributed by atoms with Crippen molar-refractivity contribution < 1.29 is 9.53 Å². The van der Waals surface area contributed by atoms with Gasteiger partial charge < -0.3 is 10.1 Å². The fourth-order valence-electron chi connectivity index (χ4n) is 2.87. The molecule has 1 aromatic carbocycles. The van der Waals surface area contributed by atoms with Gasteiger partial charge in [-0.05, 0) is 31.7 Å². The molecule has 21 heavy (non-hydrogen) atoms. The largest absolute Gasteiger partial charge is 0.374 e. The highest BCUT2D eigenvalue weighted by Gasteiger charge is 2.20. The van der Waals surface area contributed by atoms with E-state index in [-0.39, 0.29) is 17.9 Å². The topological polar surface area (TPSA) is 38.3 Å². The van der Waals surface area contributed by atoms with E-state index in [1.165, 1.54) is 24.8 Å². The van der Waals surface area contributed by atoms with Crippen LogP contribution >= 0.6 is 0 Å². The number of amides is 1. The van der Waals surface area contributed by atoms with E-state index in [1.54, 1.807) is 0 Å². The summed E-state index contributed by atoms with van der Waals surface area (Å²) in [5, 5.41) is 3.05. The molecule has 1 N–H and O–H groups in total. The third-order valence-corrected chi connectivity index (χ3v) is 4.23. The lowest BCUT2D eigenvalue weighted by Gasteiger charge is -2.20. The minimum atomic E-state index is 0.111. The van der Waals surface area contributed by atoms with Crippen molar-refractivity contribution in [2.24, 2.45) is 5.92 Å². The third kappa shape index (κ3) is 5.50. The fourth-order valence-corrected chi connectivity index (χ4v) is 2.87. The Morgan fingerprint density at radius 2 is 1.95 bits per heavy atom. The van der Waals surface area contributed by atoms with Crippen molar-refractivity contribution in [2.45, 2.75) is 51.6 Å². The van der Waals surface area contributed by atoms with Crippen LogP contribution in [0.15, 0.2) is 30.3 Å². The highest BCUT2D eigenvalue weighted by atomic mass is 16.5. The Morgan fingerprint density at radius 3 is 2.67 bits per heavy atom. The Kier molecular flexibility index (Phi) is 6.74. The van der Waals surface area contributed by atoms with Crippen LogP contribution in [0.5, 0.6) is 0 Å². The number of ether oxygens (including phenoxy) is 1. The molecule has 3 heteroatoms. The normalized spacial score (nSPS) is 17.4. The molecule has 1 saturated carbocycles. The van der Waals surface area contributed by atoms with Gasteiger partial charge in [0.2, 0.25) is 5.91 Å². The minimum absolute atomic E-state index is 0.111. The molecule has 0 heterocycles. The summed E-state index contributed by atoms with van der Waals surface area (Å²) < 4.78 is 5.80. The Labute approximate surface area is 128 Å². The zero-order valence-corrected chi connectivity index (χ0v) is 13.0. The summed E-state index contributed by atoms with van der Waals surface area (Å²) >= 11 is 0. The van der Waals surface area contributed by atoms with Crippen LogP contribution in [0, 0.1) is 5.92 Å². The predicted octanol–water partition coefficient (Wildman–Crippen LogP) is 3.85. The third-order valence-electron chi connectivity index (χ3n) is 4.23. The second-order valence-corrected chi connectivity index (χ2v) is 5.90. The zero-order valence-electron chi connectivity index (χ0n) is 13.0. The van der Waals surface area contributed by atoms with Crippen molar-refractivity contribution >= 4 is 5.91 Å². The SMILES string of the molecule is CC(OCCCNC(=O)C1CCCCC1)c1ccccc1. The molecule has 1 atom stereocenters. The van der Waals surface area contributed by atoms with Crippen LogP contribution in [0.3, 0.4) is 0 Å². The molecule has 0 bridgehead atoms. The van der Waals surface area contributed by atoms with Gasteiger partial charge in [0.05, 0.1) is 6.10 Å². The van der Waals surface area contributed by atoms with Crippen molar-refractivity contribution in [1.29, 1.82) is 0 Å². The smallest absolute Gasteiger partial charge is 0.223 e. The molecule has 0 radical (unpaired) electrons. The fraction of sp³-hybridized carbons (Fsp3) is 0.611. The molecule has 1 aliphatic carbocycles.